The number of carbonyl (C=O) groups is 2. The maximum atomic E-state index is 12.4. The monoisotopic (exact) mass is 298 g/mol. The minimum absolute atomic E-state index is 0.0910. The van der Waals surface area contributed by atoms with Gasteiger partial charge in [-0.15, -0.1) is 0 Å². The first-order chi connectivity index (χ1) is 10.6. The molecule has 0 spiro atoms. The van der Waals surface area contributed by atoms with Crippen molar-refractivity contribution >= 4 is 11.8 Å². The van der Waals surface area contributed by atoms with E-state index in [9.17, 15) is 9.59 Å². The number of rotatable bonds is 3. The van der Waals surface area contributed by atoms with Gasteiger partial charge in [0.25, 0.3) is 11.8 Å². The Kier molecular flexibility index (Phi) is 3.66. The van der Waals surface area contributed by atoms with Gasteiger partial charge < -0.3 is 15.2 Å². The van der Waals surface area contributed by atoms with Crippen LogP contribution in [0.4, 0.5) is 0 Å². The van der Waals surface area contributed by atoms with Gasteiger partial charge in [-0.3, -0.25) is 9.59 Å². The summed E-state index contributed by atoms with van der Waals surface area (Å²) in [5, 5.41) is 5.66. The van der Waals surface area contributed by atoms with Crippen LogP contribution in [0.2, 0.25) is 0 Å². The van der Waals surface area contributed by atoms with Gasteiger partial charge in [0.2, 0.25) is 0 Å². The van der Waals surface area contributed by atoms with Crippen molar-refractivity contribution in [2.75, 3.05) is 6.54 Å². The third-order valence-electron chi connectivity index (χ3n) is 3.90. The van der Waals surface area contributed by atoms with Gasteiger partial charge >= 0.3 is 0 Å². The molecule has 114 valence electrons. The molecule has 22 heavy (non-hydrogen) atoms. The molecule has 0 radical (unpaired) electrons. The van der Waals surface area contributed by atoms with Crippen molar-refractivity contribution in [2.24, 2.45) is 0 Å². The number of fused-ring (bicyclic) bond motifs is 1. The highest BCUT2D eigenvalue weighted by Gasteiger charge is 2.29. The van der Waals surface area contributed by atoms with Crippen LogP contribution in [0.5, 0.6) is 0 Å². The summed E-state index contributed by atoms with van der Waals surface area (Å²) in [6.07, 6.45) is 1.56. The smallest absolute Gasteiger partial charge is 0.272 e. The van der Waals surface area contributed by atoms with E-state index in [1.807, 2.05) is 44.2 Å². The molecule has 2 amide bonds. The Morgan fingerprint density at radius 2 is 2.14 bits per heavy atom. The van der Waals surface area contributed by atoms with E-state index in [0.29, 0.717) is 12.2 Å². The Bertz CT molecular complexity index is 708. The van der Waals surface area contributed by atoms with Crippen LogP contribution in [0.3, 0.4) is 0 Å². The van der Waals surface area contributed by atoms with E-state index >= 15 is 0 Å². The molecule has 0 bridgehead atoms. The highest BCUT2D eigenvalue weighted by Crippen LogP contribution is 2.19. The molecule has 0 saturated heterocycles. The molecule has 2 N–H and O–H groups in total. The van der Waals surface area contributed by atoms with Gasteiger partial charge in [0.05, 0.1) is 12.4 Å². The van der Waals surface area contributed by atoms with Crippen LogP contribution in [0.25, 0.3) is 0 Å². The molecular weight excluding hydrogens is 280 g/mol. The number of hydrogen-bond acceptors (Lipinski definition) is 3. The molecule has 1 aromatic carbocycles. The van der Waals surface area contributed by atoms with Crippen LogP contribution in [-0.4, -0.2) is 27.9 Å². The highest BCUT2D eigenvalue weighted by atomic mass is 16.2. The average Bonchev–Trinajstić information content (AvgIpc) is 2.98. The molecule has 0 aliphatic carbocycles. The summed E-state index contributed by atoms with van der Waals surface area (Å²) < 4.78 is 1.75. The Balaban J connectivity index is 1.83. The first-order valence-electron chi connectivity index (χ1n) is 7.28. The molecule has 0 unspecified atom stereocenters. The first kappa shape index (κ1) is 14.3. The van der Waals surface area contributed by atoms with E-state index in [1.165, 1.54) is 0 Å². The molecule has 0 fully saturated rings. The van der Waals surface area contributed by atoms with E-state index in [0.717, 1.165) is 5.56 Å². The molecule has 6 nitrogen and oxygen atoms in total. The molecular formula is C16H18N4O2. The zero-order chi connectivity index (χ0) is 15.7. The largest absolute Gasteiger partial charge is 0.349 e. The summed E-state index contributed by atoms with van der Waals surface area (Å²) in [4.78, 5) is 28.6. The third-order valence-corrected chi connectivity index (χ3v) is 3.90. The number of carbonyl (C=O) groups excluding carboxylic acids is 2. The fourth-order valence-corrected chi connectivity index (χ4v) is 2.60. The maximum absolute atomic E-state index is 12.4. The number of aromatic nitrogens is 2. The van der Waals surface area contributed by atoms with Crippen LogP contribution < -0.4 is 10.6 Å². The lowest BCUT2D eigenvalue weighted by Crippen LogP contribution is -2.39. The van der Waals surface area contributed by atoms with E-state index in [1.54, 1.807) is 10.9 Å². The third kappa shape index (κ3) is 2.47. The average molecular weight is 298 g/mol. The normalized spacial score (nSPS) is 18.3. The van der Waals surface area contributed by atoms with Crippen molar-refractivity contribution in [1.82, 2.24) is 20.2 Å². The van der Waals surface area contributed by atoms with Gasteiger partial charge in [-0.2, -0.15) is 0 Å². The molecule has 6 heteroatoms. The Morgan fingerprint density at radius 3 is 2.86 bits per heavy atom. The van der Waals surface area contributed by atoms with Crippen molar-refractivity contribution in [3.8, 4) is 0 Å². The number of imidazole rings is 1. The number of amides is 2. The van der Waals surface area contributed by atoms with E-state index < -0.39 is 0 Å². The van der Waals surface area contributed by atoms with Gasteiger partial charge in [0.1, 0.15) is 5.69 Å². The zero-order valence-corrected chi connectivity index (χ0v) is 12.5. The van der Waals surface area contributed by atoms with Crippen LogP contribution in [-0.2, 0) is 0 Å². The van der Waals surface area contributed by atoms with Crippen LogP contribution >= 0.6 is 0 Å². The lowest BCUT2D eigenvalue weighted by molar-refractivity contribution is 0.0887. The lowest BCUT2D eigenvalue weighted by Gasteiger charge is -2.23. The predicted octanol–water partition coefficient (Wildman–Crippen LogP) is 1.68. The molecule has 1 aliphatic rings. The Hall–Kier alpha value is -2.63. The van der Waals surface area contributed by atoms with E-state index in [-0.39, 0.29) is 29.6 Å². The summed E-state index contributed by atoms with van der Waals surface area (Å²) in [6, 6.07) is 9.60. The number of hydrogen-bond donors (Lipinski definition) is 2. The van der Waals surface area contributed by atoms with Crippen LogP contribution in [0, 0.1) is 0 Å². The highest BCUT2D eigenvalue weighted by molar-refractivity contribution is 6.05. The summed E-state index contributed by atoms with van der Waals surface area (Å²) in [5.74, 6) is -0.595. The quantitative estimate of drug-likeness (QED) is 0.905. The minimum atomic E-state index is -0.339. The molecule has 1 aromatic heterocycles. The number of benzene rings is 1. The van der Waals surface area contributed by atoms with Crippen molar-refractivity contribution in [2.45, 2.75) is 25.9 Å². The van der Waals surface area contributed by atoms with Crippen LogP contribution in [0.1, 0.15) is 52.5 Å². The molecule has 3 rings (SSSR count). The standard InChI is InChI=1S/C16H18N4O2/c1-10-8-17-16(22)14-13(18-9-20(10)14)15(21)19-11(2)12-6-4-3-5-7-12/h3-7,9-11H,8H2,1-2H3,(H,17,22)(H,19,21)/t10-,11+/m1/s1. The fourth-order valence-electron chi connectivity index (χ4n) is 2.60. The van der Waals surface area contributed by atoms with Gasteiger partial charge in [0, 0.05) is 12.6 Å². The molecule has 0 saturated carbocycles. The van der Waals surface area contributed by atoms with Gasteiger partial charge in [0.15, 0.2) is 5.69 Å². The SMILES string of the molecule is C[C@H](NC(=O)c1ncn2c1C(=O)NC[C@H]2C)c1ccccc1. The first-order valence-corrected chi connectivity index (χ1v) is 7.28. The topological polar surface area (TPSA) is 76.0 Å². The predicted molar refractivity (Wildman–Crippen MR) is 81.6 cm³/mol. The Labute approximate surface area is 128 Å². The lowest BCUT2D eigenvalue weighted by atomic mass is 10.1. The second kappa shape index (κ2) is 5.63. The minimum Gasteiger partial charge on any atom is -0.349 e. The molecule has 1 aliphatic heterocycles. The van der Waals surface area contributed by atoms with Crippen LogP contribution in [0.15, 0.2) is 36.7 Å². The number of nitrogens with zero attached hydrogens (tertiary/aromatic N) is 2. The van der Waals surface area contributed by atoms with Crippen molar-refractivity contribution in [1.29, 1.82) is 0 Å². The summed E-state index contributed by atoms with van der Waals surface area (Å²) in [5.41, 5.74) is 1.50. The Morgan fingerprint density at radius 1 is 1.41 bits per heavy atom. The summed E-state index contributed by atoms with van der Waals surface area (Å²) in [6.45, 7) is 4.42. The fraction of sp³-hybridized carbons (Fsp3) is 0.312. The van der Waals surface area contributed by atoms with E-state index in [2.05, 4.69) is 15.6 Å². The van der Waals surface area contributed by atoms with Crippen molar-refractivity contribution in [3.63, 3.8) is 0 Å². The van der Waals surface area contributed by atoms with Crippen molar-refractivity contribution in [3.05, 3.63) is 53.6 Å². The zero-order valence-electron chi connectivity index (χ0n) is 12.5. The van der Waals surface area contributed by atoms with Gasteiger partial charge in [-0.25, -0.2) is 4.98 Å². The molecule has 2 aromatic rings. The molecule has 2 heterocycles. The van der Waals surface area contributed by atoms with Gasteiger partial charge in [-0.1, -0.05) is 30.3 Å². The molecule has 2 atom stereocenters. The van der Waals surface area contributed by atoms with Gasteiger partial charge in [-0.05, 0) is 19.4 Å². The second-order valence-corrected chi connectivity index (χ2v) is 5.51. The van der Waals surface area contributed by atoms with E-state index in [4.69, 9.17) is 0 Å². The second-order valence-electron chi connectivity index (χ2n) is 5.51. The number of nitrogens with one attached hydrogen (secondary N) is 2. The maximum Gasteiger partial charge on any atom is 0.272 e. The summed E-state index contributed by atoms with van der Waals surface area (Å²) >= 11 is 0. The van der Waals surface area contributed by atoms with Crippen molar-refractivity contribution < 1.29 is 9.59 Å². The summed E-state index contributed by atoms with van der Waals surface area (Å²) in [7, 11) is 0.